The maximum absolute atomic E-state index is 13.5. The van der Waals surface area contributed by atoms with Crippen LogP contribution in [0.1, 0.15) is 44.4 Å². The molecule has 9 nitrogen and oxygen atoms in total. The van der Waals surface area contributed by atoms with Gasteiger partial charge in [-0.1, -0.05) is 54.2 Å². The number of ether oxygens (including phenoxy) is 3. The Morgan fingerprint density at radius 2 is 1.90 bits per heavy atom. The van der Waals surface area contributed by atoms with Gasteiger partial charge in [-0.25, -0.2) is 9.79 Å². The lowest BCUT2D eigenvalue weighted by atomic mass is 9.93. The standard InChI is InChI=1S/C32H38N4O5S/c1-22(2)41-31(38)29-23(3)34-32-36(26(21-42-32)19-28(37)33-12-13-35-14-16-39-17-15-35)30(29)25-10-7-11-27(18-25)40-20-24-8-5-4-6-9-24/h4-11,18,21-22,30H,12-17,19-20H2,1-3H3,(H,33,37)/t30-/m0/s1. The number of nitrogens with one attached hydrogen (secondary N) is 1. The summed E-state index contributed by atoms with van der Waals surface area (Å²) in [7, 11) is 0. The summed E-state index contributed by atoms with van der Waals surface area (Å²) in [5.41, 5.74) is 3.75. The average molecular weight is 591 g/mol. The molecule has 0 radical (unpaired) electrons. The molecule has 5 rings (SSSR count). The van der Waals surface area contributed by atoms with E-state index < -0.39 is 12.0 Å². The van der Waals surface area contributed by atoms with Crippen molar-refractivity contribution >= 4 is 28.8 Å². The number of nitrogens with zero attached hydrogens (tertiary/aromatic N) is 3. The molecule has 0 unspecified atom stereocenters. The first kappa shape index (κ1) is 29.9. The minimum absolute atomic E-state index is 0.0763. The van der Waals surface area contributed by atoms with E-state index in [4.69, 9.17) is 19.2 Å². The Labute approximate surface area is 251 Å². The van der Waals surface area contributed by atoms with Crippen LogP contribution in [-0.4, -0.2) is 72.3 Å². The number of hydrogen-bond acceptors (Lipinski definition) is 9. The lowest BCUT2D eigenvalue weighted by Crippen LogP contribution is -2.42. The highest BCUT2D eigenvalue weighted by molar-refractivity contribution is 8.16. The van der Waals surface area contributed by atoms with Gasteiger partial charge in [-0.3, -0.25) is 9.69 Å². The highest BCUT2D eigenvalue weighted by atomic mass is 32.2. The number of allylic oxidation sites excluding steroid dienone is 1. The molecular formula is C32H38N4O5S. The second-order valence-electron chi connectivity index (χ2n) is 10.7. The van der Waals surface area contributed by atoms with Gasteiger partial charge in [-0.15, -0.1) is 0 Å². The second-order valence-corrected chi connectivity index (χ2v) is 11.5. The van der Waals surface area contributed by atoms with Crippen molar-refractivity contribution in [1.29, 1.82) is 0 Å². The van der Waals surface area contributed by atoms with E-state index in [1.54, 1.807) is 0 Å². The Kier molecular flexibility index (Phi) is 9.99. The molecule has 2 aromatic rings. The zero-order valence-electron chi connectivity index (χ0n) is 24.4. The van der Waals surface area contributed by atoms with Crippen molar-refractivity contribution in [2.75, 3.05) is 39.4 Å². The lowest BCUT2D eigenvalue weighted by molar-refractivity contribution is -0.143. The number of carbonyl (C=O) groups is 2. The van der Waals surface area contributed by atoms with E-state index in [1.165, 1.54) is 11.8 Å². The molecule has 1 fully saturated rings. The first-order chi connectivity index (χ1) is 20.4. The fourth-order valence-corrected chi connectivity index (χ4v) is 6.11. The molecule has 3 aliphatic heterocycles. The first-order valence-electron chi connectivity index (χ1n) is 14.4. The molecule has 0 aliphatic carbocycles. The van der Waals surface area contributed by atoms with Crippen molar-refractivity contribution in [3.63, 3.8) is 0 Å². The number of thioether (sulfide) groups is 1. The van der Waals surface area contributed by atoms with Crippen molar-refractivity contribution in [3.8, 4) is 5.75 Å². The number of carbonyl (C=O) groups excluding carboxylic acids is 2. The summed E-state index contributed by atoms with van der Waals surface area (Å²) >= 11 is 1.46. The number of benzene rings is 2. The van der Waals surface area contributed by atoms with Crippen LogP contribution in [0.4, 0.5) is 0 Å². The van der Waals surface area contributed by atoms with E-state index in [0.29, 0.717) is 30.2 Å². The summed E-state index contributed by atoms with van der Waals surface area (Å²) in [4.78, 5) is 35.6. The predicted molar refractivity (Wildman–Crippen MR) is 164 cm³/mol. The van der Waals surface area contributed by atoms with Crippen LogP contribution in [0.3, 0.4) is 0 Å². The van der Waals surface area contributed by atoms with E-state index >= 15 is 0 Å². The summed E-state index contributed by atoms with van der Waals surface area (Å²) in [5, 5.41) is 5.73. The van der Waals surface area contributed by atoms with Crippen LogP contribution in [0.5, 0.6) is 5.75 Å². The molecule has 0 aromatic heterocycles. The summed E-state index contributed by atoms with van der Waals surface area (Å²) in [6.07, 6.45) is -0.119. The molecule has 2 aromatic carbocycles. The highest BCUT2D eigenvalue weighted by Gasteiger charge is 2.41. The summed E-state index contributed by atoms with van der Waals surface area (Å²) in [6, 6.07) is 17.2. The molecule has 3 heterocycles. The van der Waals surface area contributed by atoms with Gasteiger partial charge in [0.2, 0.25) is 5.91 Å². The molecule has 222 valence electrons. The molecular weight excluding hydrogens is 552 g/mol. The minimum atomic E-state index is -0.522. The van der Waals surface area contributed by atoms with Crippen LogP contribution in [-0.2, 0) is 25.7 Å². The monoisotopic (exact) mass is 590 g/mol. The summed E-state index contributed by atoms with van der Waals surface area (Å²) < 4.78 is 17.2. The van der Waals surface area contributed by atoms with Gasteiger partial charge in [0.05, 0.1) is 43.1 Å². The Bertz CT molecular complexity index is 1370. The molecule has 1 saturated heterocycles. The maximum Gasteiger partial charge on any atom is 0.338 e. The van der Waals surface area contributed by atoms with Crippen molar-refractivity contribution in [2.24, 2.45) is 4.99 Å². The van der Waals surface area contributed by atoms with Gasteiger partial charge in [-0.05, 0) is 49.4 Å². The normalized spacial score (nSPS) is 18.9. The zero-order valence-corrected chi connectivity index (χ0v) is 25.2. The molecule has 3 aliphatic rings. The number of hydrogen-bond donors (Lipinski definition) is 1. The van der Waals surface area contributed by atoms with E-state index in [-0.39, 0.29) is 18.4 Å². The van der Waals surface area contributed by atoms with Gasteiger partial charge in [0.15, 0.2) is 5.17 Å². The predicted octanol–water partition coefficient (Wildman–Crippen LogP) is 4.63. The smallest absolute Gasteiger partial charge is 0.338 e. The van der Waals surface area contributed by atoms with E-state index in [9.17, 15) is 9.59 Å². The van der Waals surface area contributed by atoms with Crippen molar-refractivity contribution < 1.29 is 23.8 Å². The number of amidine groups is 1. The number of fused-ring (bicyclic) bond motifs is 1. The maximum atomic E-state index is 13.5. The molecule has 0 spiro atoms. The molecule has 1 atom stereocenters. The van der Waals surface area contributed by atoms with E-state index in [0.717, 1.165) is 54.8 Å². The van der Waals surface area contributed by atoms with E-state index in [2.05, 4.69) is 10.2 Å². The van der Waals surface area contributed by atoms with E-state index in [1.807, 2.05) is 85.7 Å². The molecule has 10 heteroatoms. The van der Waals surface area contributed by atoms with Crippen LogP contribution >= 0.6 is 11.8 Å². The number of rotatable bonds is 11. The van der Waals surface area contributed by atoms with Crippen molar-refractivity contribution in [1.82, 2.24) is 15.1 Å². The third-order valence-electron chi connectivity index (χ3n) is 7.18. The van der Waals surface area contributed by atoms with Gasteiger partial charge in [0.1, 0.15) is 12.4 Å². The van der Waals surface area contributed by atoms with Gasteiger partial charge in [0, 0.05) is 31.9 Å². The van der Waals surface area contributed by atoms with Gasteiger partial charge < -0.3 is 24.4 Å². The number of morpholine rings is 1. The molecule has 42 heavy (non-hydrogen) atoms. The lowest BCUT2D eigenvalue weighted by Gasteiger charge is -2.36. The Morgan fingerprint density at radius 1 is 1.12 bits per heavy atom. The fraction of sp³-hybridized carbons (Fsp3) is 0.406. The number of amides is 1. The van der Waals surface area contributed by atoms with Crippen LogP contribution in [0, 0.1) is 0 Å². The summed E-state index contributed by atoms with van der Waals surface area (Å²) in [5.74, 6) is 0.192. The zero-order chi connectivity index (χ0) is 29.5. The van der Waals surface area contributed by atoms with Gasteiger partial charge >= 0.3 is 5.97 Å². The largest absolute Gasteiger partial charge is 0.489 e. The van der Waals surface area contributed by atoms with Crippen LogP contribution in [0.15, 0.2) is 82.0 Å². The Morgan fingerprint density at radius 3 is 2.67 bits per heavy atom. The average Bonchev–Trinajstić information content (AvgIpc) is 3.37. The van der Waals surface area contributed by atoms with Gasteiger partial charge in [-0.2, -0.15) is 0 Å². The molecule has 0 bridgehead atoms. The summed E-state index contributed by atoms with van der Waals surface area (Å²) in [6.45, 7) is 10.5. The second kappa shape index (κ2) is 14.0. The number of esters is 1. The third kappa shape index (κ3) is 7.42. The first-order valence-corrected chi connectivity index (χ1v) is 15.3. The van der Waals surface area contributed by atoms with Crippen molar-refractivity contribution in [3.05, 3.63) is 88.1 Å². The number of aliphatic imine (C=N–C) groups is 1. The molecule has 1 N–H and O–H groups in total. The van der Waals surface area contributed by atoms with Crippen LogP contribution in [0.2, 0.25) is 0 Å². The van der Waals surface area contributed by atoms with Crippen LogP contribution < -0.4 is 10.1 Å². The minimum Gasteiger partial charge on any atom is -0.489 e. The van der Waals surface area contributed by atoms with Crippen molar-refractivity contribution in [2.45, 2.75) is 45.9 Å². The third-order valence-corrected chi connectivity index (χ3v) is 8.07. The highest BCUT2D eigenvalue weighted by Crippen LogP contribution is 2.45. The van der Waals surface area contributed by atoms with Crippen LogP contribution in [0.25, 0.3) is 0 Å². The Hall–Kier alpha value is -3.60. The SMILES string of the molecule is CC1=C(C(=O)OC(C)C)[C@H](c2cccc(OCc3ccccc3)c2)N2C(CC(=O)NCCN3CCOCC3)=CSC2=N1. The Balaban J connectivity index is 1.36. The molecule has 0 saturated carbocycles. The quantitative estimate of drug-likeness (QED) is 0.379. The fourth-order valence-electron chi connectivity index (χ4n) is 5.14. The topological polar surface area (TPSA) is 92.7 Å². The molecule has 1 amide bonds. The van der Waals surface area contributed by atoms with Gasteiger partial charge in [0.25, 0.3) is 0 Å².